The second-order valence-corrected chi connectivity index (χ2v) is 7.10. The Hall–Kier alpha value is -1.58. The van der Waals surface area contributed by atoms with E-state index < -0.39 is 0 Å². The van der Waals surface area contributed by atoms with E-state index in [0.717, 1.165) is 50.9 Å². The number of likely N-dealkylation sites (tertiary alicyclic amines) is 1. The van der Waals surface area contributed by atoms with Crippen molar-refractivity contribution in [1.29, 1.82) is 0 Å². The van der Waals surface area contributed by atoms with Gasteiger partial charge >= 0.3 is 0 Å². The highest BCUT2D eigenvalue weighted by Crippen LogP contribution is 2.33. The van der Waals surface area contributed by atoms with Crippen LogP contribution in [0.25, 0.3) is 0 Å². The van der Waals surface area contributed by atoms with Gasteiger partial charge in [0.05, 0.1) is 5.69 Å². The van der Waals surface area contributed by atoms with Crippen LogP contribution < -0.4 is 0 Å². The molecule has 0 spiro atoms. The Balaban J connectivity index is 1.34. The number of hydrogen-bond donors (Lipinski definition) is 1. The zero-order valence-electron chi connectivity index (χ0n) is 13.2. The molecule has 2 aliphatic carbocycles. The quantitative estimate of drug-likeness (QED) is 0.872. The third-order valence-electron chi connectivity index (χ3n) is 5.69. The van der Waals surface area contributed by atoms with Gasteiger partial charge < -0.3 is 4.90 Å². The fourth-order valence-corrected chi connectivity index (χ4v) is 4.36. The van der Waals surface area contributed by atoms with Crippen molar-refractivity contribution >= 4 is 5.91 Å². The topological polar surface area (TPSA) is 49.0 Å². The van der Waals surface area contributed by atoms with Gasteiger partial charge in [-0.1, -0.05) is 12.2 Å². The largest absolute Gasteiger partial charge is 0.342 e. The maximum Gasteiger partial charge on any atom is 0.222 e. The fourth-order valence-electron chi connectivity index (χ4n) is 4.36. The van der Waals surface area contributed by atoms with Crippen LogP contribution in [0.4, 0.5) is 0 Å². The number of rotatable bonds is 3. The Bertz CT molecular complexity index is 573. The highest BCUT2D eigenvalue weighted by Gasteiger charge is 2.34. The van der Waals surface area contributed by atoms with E-state index in [1.807, 2.05) is 0 Å². The number of H-pyrrole nitrogens is 1. The van der Waals surface area contributed by atoms with E-state index in [1.54, 1.807) is 0 Å². The Kier molecular flexibility index (Phi) is 3.77. The Morgan fingerprint density at radius 3 is 2.68 bits per heavy atom. The first-order valence-electron chi connectivity index (χ1n) is 8.79. The normalized spacial score (nSPS) is 26.8. The number of allylic oxidation sites excluding steroid dienone is 2. The van der Waals surface area contributed by atoms with E-state index >= 15 is 0 Å². The number of hydrogen-bond acceptors (Lipinski definition) is 2. The predicted molar refractivity (Wildman–Crippen MR) is 85.5 cm³/mol. The molecule has 0 bridgehead atoms. The molecule has 1 amide bonds. The van der Waals surface area contributed by atoms with Gasteiger partial charge in [-0.3, -0.25) is 9.89 Å². The van der Waals surface area contributed by atoms with Gasteiger partial charge in [-0.05, 0) is 55.9 Å². The molecule has 2 heterocycles. The summed E-state index contributed by atoms with van der Waals surface area (Å²) < 4.78 is 0. The second-order valence-electron chi connectivity index (χ2n) is 7.10. The number of aryl methyl sites for hydroxylation is 2. The van der Waals surface area contributed by atoms with Gasteiger partial charge in [0.25, 0.3) is 0 Å². The summed E-state index contributed by atoms with van der Waals surface area (Å²) in [6, 6.07) is 0. The van der Waals surface area contributed by atoms with Crippen LogP contribution in [0.3, 0.4) is 0 Å². The van der Waals surface area contributed by atoms with Crippen molar-refractivity contribution in [2.75, 3.05) is 13.1 Å². The minimum Gasteiger partial charge on any atom is -0.342 e. The molecule has 0 saturated carbocycles. The number of amides is 1. The van der Waals surface area contributed by atoms with Crippen molar-refractivity contribution in [3.63, 3.8) is 0 Å². The van der Waals surface area contributed by atoms with Gasteiger partial charge in [0, 0.05) is 31.6 Å². The summed E-state index contributed by atoms with van der Waals surface area (Å²) in [5.41, 5.74) is 3.85. The van der Waals surface area contributed by atoms with E-state index in [4.69, 9.17) is 0 Å². The lowest BCUT2D eigenvalue weighted by atomic mass is 9.86. The average molecular weight is 299 g/mol. The highest BCUT2D eigenvalue weighted by molar-refractivity contribution is 5.76. The van der Waals surface area contributed by atoms with E-state index in [2.05, 4.69) is 27.2 Å². The molecule has 1 fully saturated rings. The molecule has 118 valence electrons. The number of aromatic nitrogens is 2. The van der Waals surface area contributed by atoms with Crippen LogP contribution >= 0.6 is 0 Å². The van der Waals surface area contributed by atoms with Gasteiger partial charge in [-0.25, -0.2) is 0 Å². The molecule has 0 radical (unpaired) electrons. The van der Waals surface area contributed by atoms with E-state index in [1.165, 1.54) is 24.1 Å². The number of carbonyl (C=O) groups excluding carboxylic acids is 1. The van der Waals surface area contributed by atoms with Crippen molar-refractivity contribution < 1.29 is 4.79 Å². The van der Waals surface area contributed by atoms with Gasteiger partial charge in [-0.2, -0.15) is 5.10 Å². The Morgan fingerprint density at radius 2 is 1.91 bits per heavy atom. The van der Waals surface area contributed by atoms with E-state index in [9.17, 15) is 4.79 Å². The van der Waals surface area contributed by atoms with Crippen LogP contribution in [0.1, 0.15) is 49.1 Å². The summed E-state index contributed by atoms with van der Waals surface area (Å²) in [7, 11) is 0. The van der Waals surface area contributed by atoms with E-state index in [0.29, 0.717) is 24.2 Å². The van der Waals surface area contributed by atoms with Crippen LogP contribution in [-0.4, -0.2) is 34.1 Å². The number of fused-ring (bicyclic) bond motifs is 2. The predicted octanol–water partition coefficient (Wildman–Crippen LogP) is 2.65. The molecule has 0 unspecified atom stereocenters. The summed E-state index contributed by atoms with van der Waals surface area (Å²) >= 11 is 0. The Labute approximate surface area is 132 Å². The number of aromatic amines is 1. The number of carbonyl (C=O) groups is 1. The summed E-state index contributed by atoms with van der Waals surface area (Å²) in [5.74, 6) is 1.72. The molecule has 1 N–H and O–H groups in total. The van der Waals surface area contributed by atoms with Crippen LogP contribution in [0.2, 0.25) is 0 Å². The van der Waals surface area contributed by atoms with Crippen LogP contribution in [0.5, 0.6) is 0 Å². The van der Waals surface area contributed by atoms with Gasteiger partial charge in [-0.15, -0.1) is 0 Å². The lowest BCUT2D eigenvalue weighted by molar-refractivity contribution is -0.130. The average Bonchev–Trinajstić information content (AvgIpc) is 3.16. The first-order chi connectivity index (χ1) is 10.8. The number of nitrogens with one attached hydrogen (secondary N) is 1. The molecule has 1 saturated heterocycles. The molecule has 1 aliphatic heterocycles. The molecule has 1 aromatic rings. The van der Waals surface area contributed by atoms with Crippen LogP contribution in [0, 0.1) is 11.8 Å². The lowest BCUT2D eigenvalue weighted by Crippen LogP contribution is -2.29. The van der Waals surface area contributed by atoms with Gasteiger partial charge in [0.1, 0.15) is 0 Å². The molecule has 4 nitrogen and oxygen atoms in total. The first-order valence-corrected chi connectivity index (χ1v) is 8.79. The van der Waals surface area contributed by atoms with E-state index in [-0.39, 0.29) is 0 Å². The summed E-state index contributed by atoms with van der Waals surface area (Å²) in [4.78, 5) is 14.6. The van der Waals surface area contributed by atoms with Gasteiger partial charge in [0.2, 0.25) is 5.91 Å². The standard InChI is InChI=1S/C18H25N3O/c22-18(21-11-13-5-1-2-6-14(13)12-21)10-9-17-15-7-3-4-8-16(15)19-20-17/h1-2,13-14H,3-12H2,(H,19,20)/t13-,14+. The molecule has 1 aromatic heterocycles. The highest BCUT2D eigenvalue weighted by atomic mass is 16.2. The third-order valence-corrected chi connectivity index (χ3v) is 5.69. The van der Waals surface area contributed by atoms with Crippen molar-refractivity contribution in [1.82, 2.24) is 15.1 Å². The molecule has 4 rings (SSSR count). The molecule has 22 heavy (non-hydrogen) atoms. The minimum atomic E-state index is 0.321. The molecule has 3 aliphatic rings. The zero-order valence-corrected chi connectivity index (χ0v) is 13.2. The summed E-state index contributed by atoms with van der Waals surface area (Å²) in [6.07, 6.45) is 13.1. The molecular weight excluding hydrogens is 274 g/mol. The first kappa shape index (κ1) is 14.0. The smallest absolute Gasteiger partial charge is 0.222 e. The zero-order chi connectivity index (χ0) is 14.9. The lowest BCUT2D eigenvalue weighted by Gasteiger charge is -2.17. The summed E-state index contributed by atoms with van der Waals surface area (Å²) in [5, 5.41) is 7.64. The maximum absolute atomic E-state index is 12.5. The third kappa shape index (κ3) is 2.59. The summed E-state index contributed by atoms with van der Waals surface area (Å²) in [6.45, 7) is 1.93. The van der Waals surface area contributed by atoms with Crippen molar-refractivity contribution in [3.8, 4) is 0 Å². The molecule has 4 heteroatoms. The van der Waals surface area contributed by atoms with Crippen molar-refractivity contribution in [3.05, 3.63) is 29.1 Å². The molecule has 2 atom stereocenters. The van der Waals surface area contributed by atoms with Crippen LogP contribution in [0.15, 0.2) is 12.2 Å². The SMILES string of the molecule is O=C(CCc1n[nH]c2c1CCCC2)N1C[C@H]2CC=CC[C@H]2C1. The molecular formula is C18H25N3O. The Morgan fingerprint density at radius 1 is 1.18 bits per heavy atom. The number of nitrogens with zero attached hydrogens (tertiary/aromatic N) is 2. The minimum absolute atomic E-state index is 0.321. The fraction of sp³-hybridized carbons (Fsp3) is 0.667. The van der Waals surface area contributed by atoms with Gasteiger partial charge in [0.15, 0.2) is 0 Å². The van der Waals surface area contributed by atoms with Crippen molar-refractivity contribution in [2.24, 2.45) is 11.8 Å². The maximum atomic E-state index is 12.5. The van der Waals surface area contributed by atoms with Crippen LogP contribution in [-0.2, 0) is 24.1 Å². The monoisotopic (exact) mass is 299 g/mol. The second kappa shape index (κ2) is 5.90. The van der Waals surface area contributed by atoms with Crippen molar-refractivity contribution in [2.45, 2.75) is 51.4 Å². The molecule has 0 aromatic carbocycles.